The molecule has 0 amide bonds. The normalized spacial score (nSPS) is 11.9. The summed E-state index contributed by atoms with van der Waals surface area (Å²) in [5, 5.41) is 1.94. The minimum Gasteiger partial charge on any atom is -0.479 e. The van der Waals surface area contributed by atoms with E-state index in [0.717, 1.165) is 16.3 Å². The zero-order chi connectivity index (χ0) is 16.2. The first-order valence-electron chi connectivity index (χ1n) is 7.56. The van der Waals surface area contributed by atoms with Crippen molar-refractivity contribution < 1.29 is 14.3 Å². The molecule has 0 saturated heterocycles. The van der Waals surface area contributed by atoms with Crippen molar-refractivity contribution >= 4 is 16.7 Å². The number of fused-ring (bicyclic) bond motifs is 1. The van der Waals surface area contributed by atoms with Gasteiger partial charge in [-0.05, 0) is 43.0 Å². The maximum atomic E-state index is 12.3. The molecule has 3 nitrogen and oxygen atoms in total. The van der Waals surface area contributed by atoms with E-state index in [1.54, 1.807) is 13.0 Å². The molecule has 1 atom stereocenters. The fraction of sp³-hybridized carbons (Fsp3) is 0.150. The monoisotopic (exact) mass is 306 g/mol. The molecule has 0 aliphatic rings. The lowest BCUT2D eigenvalue weighted by Gasteiger charge is -2.15. The second-order valence-electron chi connectivity index (χ2n) is 5.47. The number of carbonyl (C=O) groups is 1. The summed E-state index contributed by atoms with van der Waals surface area (Å²) >= 11 is 0. The minimum absolute atomic E-state index is 0.414. The van der Waals surface area contributed by atoms with Gasteiger partial charge in [-0.25, -0.2) is 4.79 Å². The van der Waals surface area contributed by atoms with Crippen molar-refractivity contribution in [1.82, 2.24) is 0 Å². The van der Waals surface area contributed by atoms with E-state index in [2.05, 4.69) is 0 Å². The number of hydrogen-bond acceptors (Lipinski definition) is 3. The Morgan fingerprint density at radius 1 is 0.957 bits per heavy atom. The Kier molecular flexibility index (Phi) is 4.29. The number of aryl methyl sites for hydroxylation is 1. The molecule has 0 saturated carbocycles. The third kappa shape index (κ3) is 3.51. The predicted molar refractivity (Wildman–Crippen MR) is 90.9 cm³/mol. The summed E-state index contributed by atoms with van der Waals surface area (Å²) in [6, 6.07) is 21.0. The minimum atomic E-state index is -0.684. The number of carbonyl (C=O) groups excluding carboxylic acids is 1. The van der Waals surface area contributed by atoms with Gasteiger partial charge in [0.05, 0.1) is 0 Å². The molecule has 3 rings (SSSR count). The molecule has 0 aliphatic heterocycles. The Balaban J connectivity index is 1.75. The maximum Gasteiger partial charge on any atom is 0.352 e. The second-order valence-corrected chi connectivity index (χ2v) is 5.47. The fourth-order valence-electron chi connectivity index (χ4n) is 2.42. The molecule has 0 bridgehead atoms. The van der Waals surface area contributed by atoms with Crippen molar-refractivity contribution in [1.29, 1.82) is 0 Å². The van der Waals surface area contributed by atoms with E-state index in [4.69, 9.17) is 9.47 Å². The number of esters is 1. The van der Waals surface area contributed by atoms with Crippen LogP contribution in [-0.4, -0.2) is 12.1 Å². The van der Waals surface area contributed by atoms with Crippen LogP contribution in [-0.2, 0) is 4.79 Å². The third-order valence-electron chi connectivity index (χ3n) is 3.59. The highest BCUT2D eigenvalue weighted by atomic mass is 16.6. The molecular weight excluding hydrogens is 288 g/mol. The predicted octanol–water partition coefficient (Wildman–Crippen LogP) is 4.52. The topological polar surface area (TPSA) is 35.5 Å². The van der Waals surface area contributed by atoms with Gasteiger partial charge in [0.25, 0.3) is 0 Å². The molecule has 116 valence electrons. The van der Waals surface area contributed by atoms with Gasteiger partial charge in [-0.15, -0.1) is 0 Å². The van der Waals surface area contributed by atoms with E-state index < -0.39 is 12.1 Å². The van der Waals surface area contributed by atoms with Crippen molar-refractivity contribution in [2.75, 3.05) is 0 Å². The average molecular weight is 306 g/mol. The van der Waals surface area contributed by atoms with E-state index in [9.17, 15) is 4.79 Å². The molecule has 0 spiro atoms. The lowest BCUT2D eigenvalue weighted by atomic mass is 10.1. The lowest BCUT2D eigenvalue weighted by Crippen LogP contribution is -2.28. The van der Waals surface area contributed by atoms with E-state index in [-0.39, 0.29) is 0 Å². The Morgan fingerprint density at radius 2 is 1.70 bits per heavy atom. The van der Waals surface area contributed by atoms with Crippen LogP contribution in [0.1, 0.15) is 12.5 Å². The lowest BCUT2D eigenvalue weighted by molar-refractivity contribution is -0.141. The Morgan fingerprint density at radius 3 is 2.52 bits per heavy atom. The maximum absolute atomic E-state index is 12.3. The Hall–Kier alpha value is -2.81. The van der Waals surface area contributed by atoms with Crippen molar-refractivity contribution in [2.45, 2.75) is 20.0 Å². The molecule has 0 fully saturated rings. The number of hydrogen-bond donors (Lipinski definition) is 0. The zero-order valence-corrected chi connectivity index (χ0v) is 13.2. The van der Waals surface area contributed by atoms with Crippen LogP contribution in [0.5, 0.6) is 11.5 Å². The molecule has 0 radical (unpaired) electrons. The van der Waals surface area contributed by atoms with Gasteiger partial charge in [-0.1, -0.05) is 48.5 Å². The molecule has 23 heavy (non-hydrogen) atoms. The molecule has 3 aromatic carbocycles. The molecule has 3 aromatic rings. The van der Waals surface area contributed by atoms with Gasteiger partial charge in [0, 0.05) is 5.39 Å². The van der Waals surface area contributed by atoms with Crippen LogP contribution in [0.25, 0.3) is 10.8 Å². The second kappa shape index (κ2) is 6.53. The van der Waals surface area contributed by atoms with Crippen LogP contribution in [0.3, 0.4) is 0 Å². The highest BCUT2D eigenvalue weighted by Gasteiger charge is 2.18. The smallest absolute Gasteiger partial charge is 0.352 e. The van der Waals surface area contributed by atoms with Gasteiger partial charge < -0.3 is 9.47 Å². The number of ether oxygens (including phenoxy) is 2. The SMILES string of the molecule is Cc1cccc(OC(C)C(=O)Oc2cccc3ccccc23)c1. The van der Waals surface area contributed by atoms with Crippen LogP contribution in [0, 0.1) is 6.92 Å². The van der Waals surface area contributed by atoms with Crippen molar-refractivity contribution in [3.05, 3.63) is 72.3 Å². The molecule has 0 aromatic heterocycles. The van der Waals surface area contributed by atoms with Gasteiger partial charge in [-0.3, -0.25) is 0 Å². The van der Waals surface area contributed by atoms with E-state index >= 15 is 0 Å². The van der Waals surface area contributed by atoms with Crippen molar-refractivity contribution in [2.24, 2.45) is 0 Å². The number of rotatable bonds is 4. The highest BCUT2D eigenvalue weighted by molar-refractivity contribution is 5.90. The first kappa shape index (κ1) is 15.1. The average Bonchev–Trinajstić information content (AvgIpc) is 2.55. The van der Waals surface area contributed by atoms with Gasteiger partial charge in [0.2, 0.25) is 0 Å². The summed E-state index contributed by atoms with van der Waals surface area (Å²) in [6.45, 7) is 3.67. The first-order chi connectivity index (χ1) is 11.1. The van der Waals surface area contributed by atoms with Crippen LogP contribution < -0.4 is 9.47 Å². The van der Waals surface area contributed by atoms with Crippen LogP contribution >= 0.6 is 0 Å². The van der Waals surface area contributed by atoms with Crippen LogP contribution in [0.4, 0.5) is 0 Å². The first-order valence-corrected chi connectivity index (χ1v) is 7.56. The molecule has 0 aliphatic carbocycles. The summed E-state index contributed by atoms with van der Waals surface area (Å²) in [6.07, 6.45) is -0.684. The van der Waals surface area contributed by atoms with Gasteiger partial charge in [0.1, 0.15) is 11.5 Å². The van der Waals surface area contributed by atoms with Gasteiger partial charge >= 0.3 is 5.97 Å². The van der Waals surface area contributed by atoms with Crippen molar-refractivity contribution in [3.8, 4) is 11.5 Å². The summed E-state index contributed by atoms with van der Waals surface area (Å²) in [5.74, 6) is 0.794. The quantitative estimate of drug-likeness (QED) is 0.525. The Labute approximate surface area is 135 Å². The fourth-order valence-corrected chi connectivity index (χ4v) is 2.42. The third-order valence-corrected chi connectivity index (χ3v) is 3.59. The standard InChI is InChI=1S/C20H18O3/c1-14-7-5-10-17(13-14)22-15(2)20(21)23-19-12-6-9-16-8-3-4-11-18(16)19/h3-13,15H,1-2H3. The highest BCUT2D eigenvalue weighted by Crippen LogP contribution is 2.25. The van der Waals surface area contributed by atoms with Crippen LogP contribution in [0.15, 0.2) is 66.7 Å². The van der Waals surface area contributed by atoms with Gasteiger partial charge in [0.15, 0.2) is 6.10 Å². The van der Waals surface area contributed by atoms with E-state index in [1.807, 2.05) is 67.6 Å². The van der Waals surface area contributed by atoms with Gasteiger partial charge in [-0.2, -0.15) is 0 Å². The summed E-state index contributed by atoms with van der Waals surface area (Å²) < 4.78 is 11.2. The van der Waals surface area contributed by atoms with E-state index in [1.165, 1.54) is 0 Å². The number of benzene rings is 3. The van der Waals surface area contributed by atoms with Crippen molar-refractivity contribution in [3.63, 3.8) is 0 Å². The summed E-state index contributed by atoms with van der Waals surface area (Å²) in [7, 11) is 0. The molecular formula is C20H18O3. The summed E-state index contributed by atoms with van der Waals surface area (Å²) in [5.41, 5.74) is 1.08. The van der Waals surface area contributed by atoms with Crippen LogP contribution in [0.2, 0.25) is 0 Å². The molecule has 0 N–H and O–H groups in total. The molecule has 1 unspecified atom stereocenters. The Bertz CT molecular complexity index is 834. The summed E-state index contributed by atoms with van der Waals surface area (Å²) in [4.78, 5) is 12.3. The molecule has 0 heterocycles. The largest absolute Gasteiger partial charge is 0.479 e. The zero-order valence-electron chi connectivity index (χ0n) is 13.2. The van der Waals surface area contributed by atoms with E-state index in [0.29, 0.717) is 11.5 Å². The molecule has 3 heteroatoms.